The molecule has 0 saturated heterocycles. The molecule has 2 N–H and O–H groups in total. The predicted molar refractivity (Wildman–Crippen MR) is 106 cm³/mol. The fourth-order valence-electron chi connectivity index (χ4n) is 2.79. The second-order valence-electron chi connectivity index (χ2n) is 7.09. The number of carbonyl (C=O) groups is 4. The molecule has 8 heteroatoms. The largest absolute Gasteiger partial charge is 0.481 e. The van der Waals surface area contributed by atoms with Crippen molar-refractivity contribution in [1.29, 1.82) is 0 Å². The number of hydrogen-bond donors (Lipinski definition) is 2. The van der Waals surface area contributed by atoms with Crippen LogP contribution in [-0.2, 0) is 28.7 Å². The van der Waals surface area contributed by atoms with Crippen LogP contribution in [0, 0.1) is 5.41 Å². The quantitative estimate of drug-likeness (QED) is 0.209. The van der Waals surface area contributed by atoms with Gasteiger partial charge in [0.25, 0.3) is 0 Å². The van der Waals surface area contributed by atoms with Crippen molar-refractivity contribution in [2.24, 2.45) is 5.41 Å². The predicted octanol–water partition coefficient (Wildman–Crippen LogP) is 3.73. The maximum Gasteiger partial charge on any atom is 0.332 e. The average molecular weight is 414 g/mol. The van der Waals surface area contributed by atoms with Gasteiger partial charge in [-0.2, -0.15) is 0 Å². The van der Waals surface area contributed by atoms with Gasteiger partial charge in [0, 0.05) is 5.57 Å². The fraction of sp³-hybridized carbons (Fsp3) is 0.714. The standard InChI is InChI=1S/C21H34O8/c1-4-6-8-10-12-28-17(22)14-21(20(26)27,16(3)19(24)25)15-18(23)29-13-11-9-7-5-2/h3-15H2,1-2H3,(H,24,25)(H,26,27). The molecule has 0 atom stereocenters. The molecule has 29 heavy (non-hydrogen) atoms. The highest BCUT2D eigenvalue weighted by Crippen LogP contribution is 2.36. The number of ether oxygens (including phenoxy) is 2. The molecule has 0 heterocycles. The molecule has 0 aliphatic rings. The van der Waals surface area contributed by atoms with Crippen molar-refractivity contribution in [3.8, 4) is 0 Å². The SMILES string of the molecule is C=C(C(=O)O)C(CC(=O)OCCCCCC)(CC(=O)OCCCCCC)C(=O)O. The summed E-state index contributed by atoms with van der Waals surface area (Å²) in [5, 5.41) is 19.0. The van der Waals surface area contributed by atoms with Gasteiger partial charge >= 0.3 is 23.9 Å². The lowest BCUT2D eigenvalue weighted by Gasteiger charge is -2.27. The van der Waals surface area contributed by atoms with Gasteiger partial charge in [0.2, 0.25) is 0 Å². The molecule has 0 spiro atoms. The van der Waals surface area contributed by atoms with E-state index in [1.54, 1.807) is 0 Å². The molecule has 0 bridgehead atoms. The van der Waals surface area contributed by atoms with Crippen molar-refractivity contribution in [3.05, 3.63) is 12.2 Å². The molecule has 0 fully saturated rings. The molecule has 0 unspecified atom stereocenters. The summed E-state index contributed by atoms with van der Waals surface area (Å²) >= 11 is 0. The first-order chi connectivity index (χ1) is 13.7. The second-order valence-corrected chi connectivity index (χ2v) is 7.09. The number of carboxylic acid groups (broad SMARTS) is 2. The Morgan fingerprint density at radius 2 is 1.17 bits per heavy atom. The molecule has 0 aromatic rings. The minimum absolute atomic E-state index is 0.107. The maximum atomic E-state index is 12.2. The maximum absolute atomic E-state index is 12.2. The van der Waals surface area contributed by atoms with Crippen LogP contribution in [0.3, 0.4) is 0 Å². The number of aliphatic carboxylic acids is 2. The van der Waals surface area contributed by atoms with Crippen LogP contribution < -0.4 is 0 Å². The van der Waals surface area contributed by atoms with Crippen LogP contribution in [0.2, 0.25) is 0 Å². The van der Waals surface area contributed by atoms with Crippen LogP contribution in [0.1, 0.15) is 78.1 Å². The third-order valence-electron chi connectivity index (χ3n) is 4.66. The summed E-state index contributed by atoms with van der Waals surface area (Å²) in [6.45, 7) is 7.58. The molecule has 0 amide bonds. The van der Waals surface area contributed by atoms with Crippen LogP contribution in [0.4, 0.5) is 0 Å². The van der Waals surface area contributed by atoms with E-state index < -0.39 is 47.7 Å². The van der Waals surface area contributed by atoms with E-state index in [1.165, 1.54) is 0 Å². The highest BCUT2D eigenvalue weighted by atomic mass is 16.5. The van der Waals surface area contributed by atoms with Crippen molar-refractivity contribution in [2.45, 2.75) is 78.1 Å². The van der Waals surface area contributed by atoms with Gasteiger partial charge in [0.1, 0.15) is 5.41 Å². The summed E-state index contributed by atoms with van der Waals surface area (Å²) in [6, 6.07) is 0. The van der Waals surface area contributed by atoms with E-state index in [0.29, 0.717) is 12.8 Å². The minimum Gasteiger partial charge on any atom is -0.481 e. The lowest BCUT2D eigenvalue weighted by atomic mass is 9.75. The van der Waals surface area contributed by atoms with Crippen molar-refractivity contribution < 1.29 is 38.9 Å². The van der Waals surface area contributed by atoms with Gasteiger partial charge in [-0.3, -0.25) is 14.4 Å². The highest BCUT2D eigenvalue weighted by molar-refractivity contribution is 6.00. The fourth-order valence-corrected chi connectivity index (χ4v) is 2.79. The normalized spacial score (nSPS) is 11.0. The average Bonchev–Trinajstić information content (AvgIpc) is 2.66. The van der Waals surface area contributed by atoms with Crippen LogP contribution in [0.25, 0.3) is 0 Å². The molecule has 166 valence electrons. The molecule has 0 aliphatic carbocycles. The second kappa shape index (κ2) is 14.6. The summed E-state index contributed by atoms with van der Waals surface area (Å²) in [5.74, 6) is -5.00. The van der Waals surface area contributed by atoms with Crippen LogP contribution in [0.5, 0.6) is 0 Å². The summed E-state index contributed by atoms with van der Waals surface area (Å²) in [7, 11) is 0. The molecule has 0 rings (SSSR count). The zero-order valence-electron chi connectivity index (χ0n) is 17.5. The number of unbranched alkanes of at least 4 members (excludes halogenated alkanes) is 6. The van der Waals surface area contributed by atoms with Gasteiger partial charge in [-0.05, 0) is 12.8 Å². The van der Waals surface area contributed by atoms with E-state index in [9.17, 15) is 29.4 Å². The van der Waals surface area contributed by atoms with Crippen LogP contribution >= 0.6 is 0 Å². The first-order valence-electron chi connectivity index (χ1n) is 10.2. The van der Waals surface area contributed by atoms with Crippen LogP contribution in [-0.4, -0.2) is 47.3 Å². The van der Waals surface area contributed by atoms with Gasteiger partial charge in [-0.25, -0.2) is 4.79 Å². The molecule has 8 nitrogen and oxygen atoms in total. The van der Waals surface area contributed by atoms with Gasteiger partial charge in [0.05, 0.1) is 26.1 Å². The van der Waals surface area contributed by atoms with Crippen LogP contribution in [0.15, 0.2) is 12.2 Å². The number of hydrogen-bond acceptors (Lipinski definition) is 6. The Bertz CT molecular complexity index is 539. The summed E-state index contributed by atoms with van der Waals surface area (Å²) < 4.78 is 10.1. The molecule has 0 aromatic carbocycles. The lowest BCUT2D eigenvalue weighted by Crippen LogP contribution is -2.40. The summed E-state index contributed by atoms with van der Waals surface area (Å²) in [4.78, 5) is 47.7. The Labute approximate surface area is 172 Å². The smallest absolute Gasteiger partial charge is 0.332 e. The van der Waals surface area contributed by atoms with Gasteiger partial charge in [-0.15, -0.1) is 0 Å². The summed E-state index contributed by atoms with van der Waals surface area (Å²) in [6.07, 6.45) is 5.36. The first-order valence-corrected chi connectivity index (χ1v) is 10.2. The summed E-state index contributed by atoms with van der Waals surface area (Å²) in [5.41, 5.74) is -3.07. The molecule has 0 aromatic heterocycles. The molecule has 0 aliphatic heterocycles. The van der Waals surface area contributed by atoms with E-state index in [1.807, 2.05) is 13.8 Å². The molecular weight excluding hydrogens is 380 g/mol. The molecule has 0 saturated carbocycles. The van der Waals surface area contributed by atoms with Crippen molar-refractivity contribution in [2.75, 3.05) is 13.2 Å². The highest BCUT2D eigenvalue weighted by Gasteiger charge is 2.49. The Balaban J connectivity index is 5.08. The Morgan fingerprint density at radius 1 is 0.759 bits per heavy atom. The molecule has 0 radical (unpaired) electrons. The van der Waals surface area contributed by atoms with Gasteiger partial charge in [-0.1, -0.05) is 59.0 Å². The minimum atomic E-state index is -2.31. The Hall–Kier alpha value is -2.38. The van der Waals surface area contributed by atoms with E-state index in [-0.39, 0.29) is 13.2 Å². The first kappa shape index (κ1) is 26.6. The number of rotatable bonds is 17. The van der Waals surface area contributed by atoms with E-state index in [2.05, 4.69) is 6.58 Å². The molecular formula is C21H34O8. The van der Waals surface area contributed by atoms with Gasteiger partial charge < -0.3 is 19.7 Å². The Morgan fingerprint density at radius 3 is 1.48 bits per heavy atom. The van der Waals surface area contributed by atoms with Crippen molar-refractivity contribution in [3.63, 3.8) is 0 Å². The third kappa shape index (κ3) is 10.1. The van der Waals surface area contributed by atoms with Gasteiger partial charge in [0.15, 0.2) is 0 Å². The number of esters is 2. The topological polar surface area (TPSA) is 127 Å². The number of carbonyl (C=O) groups excluding carboxylic acids is 2. The third-order valence-corrected chi connectivity index (χ3v) is 4.66. The van der Waals surface area contributed by atoms with E-state index >= 15 is 0 Å². The zero-order valence-corrected chi connectivity index (χ0v) is 17.5. The Kier molecular flexibility index (Phi) is 13.4. The van der Waals surface area contributed by atoms with Crippen molar-refractivity contribution in [1.82, 2.24) is 0 Å². The monoisotopic (exact) mass is 414 g/mol. The van der Waals surface area contributed by atoms with Crippen molar-refractivity contribution >= 4 is 23.9 Å². The van der Waals surface area contributed by atoms with E-state index in [0.717, 1.165) is 38.5 Å². The van der Waals surface area contributed by atoms with E-state index in [4.69, 9.17) is 9.47 Å². The number of carboxylic acids is 2. The lowest BCUT2D eigenvalue weighted by molar-refractivity contribution is -0.162. The zero-order chi connectivity index (χ0) is 22.3.